The topological polar surface area (TPSA) is 119 Å². The van der Waals surface area contributed by atoms with Crippen LogP contribution < -0.4 is 11.0 Å². The van der Waals surface area contributed by atoms with Crippen LogP contribution >= 0.6 is 11.6 Å². The molecule has 0 bridgehead atoms. The van der Waals surface area contributed by atoms with Crippen molar-refractivity contribution in [2.45, 2.75) is 76.7 Å². The van der Waals surface area contributed by atoms with E-state index in [1.807, 2.05) is 21.6 Å². The van der Waals surface area contributed by atoms with Crippen molar-refractivity contribution in [2.75, 3.05) is 38.0 Å². The molecule has 19 heteroatoms. The van der Waals surface area contributed by atoms with E-state index in [9.17, 15) is 31.5 Å². The normalized spacial score (nSPS) is 19.9. The smallest absolute Gasteiger partial charge is 0.354 e. The molecule has 2 saturated carbocycles. The van der Waals surface area contributed by atoms with Crippen molar-refractivity contribution in [3.8, 4) is 5.69 Å². The number of imidazole rings is 1. The van der Waals surface area contributed by atoms with Crippen LogP contribution in [0.25, 0.3) is 27.9 Å². The fourth-order valence-electron chi connectivity index (χ4n) is 9.31. The molecule has 1 aromatic carbocycles. The number of pyridine rings is 2. The number of likely N-dealkylation sites (tertiary alicyclic amines) is 1. The summed E-state index contributed by atoms with van der Waals surface area (Å²) in [6.45, 7) is 3.03. The molecule has 2 aliphatic heterocycles. The van der Waals surface area contributed by atoms with Crippen LogP contribution in [0.15, 0.2) is 59.7 Å². The van der Waals surface area contributed by atoms with Crippen molar-refractivity contribution >= 4 is 45.7 Å². The molecule has 62 heavy (non-hydrogen) atoms. The molecule has 0 radical (unpaired) electrons. The van der Waals surface area contributed by atoms with Gasteiger partial charge in [-0.05, 0) is 81.0 Å². The standard InChI is InChI=1S/C43H41ClF6N10O2/c1-24-35-37(55-39(54-24)53-19-26-18-42(26,46)47)60(28-8-14-56(15-9-28)23-41(11-12-41)43(48,49)50)40(62)59(35)29-6-7-33(52-20-29)38(61)57-16-10-30-31-3-2-13-51-36(31)58(34(30)22-57)21-25-4-5-27(44)17-32(25)45/h2-7,13,17,20,26,28H,8-12,14-16,18-19,21-23H2,1H3,(H,53,54,55). The molecule has 4 aliphatic rings. The third-order valence-corrected chi connectivity index (χ3v) is 13.4. The lowest BCUT2D eigenvalue weighted by Crippen LogP contribution is -2.43. The Labute approximate surface area is 355 Å². The molecule has 0 spiro atoms. The van der Waals surface area contributed by atoms with Gasteiger partial charge in [-0.25, -0.2) is 32.9 Å². The van der Waals surface area contributed by atoms with Gasteiger partial charge in [-0.1, -0.05) is 17.7 Å². The number of benzene rings is 1. The van der Waals surface area contributed by atoms with Crippen molar-refractivity contribution in [1.29, 1.82) is 0 Å². The number of anilines is 1. The zero-order valence-electron chi connectivity index (χ0n) is 33.5. The summed E-state index contributed by atoms with van der Waals surface area (Å²) in [5.41, 5.74) is 2.28. The number of rotatable bonds is 10. The van der Waals surface area contributed by atoms with Crippen molar-refractivity contribution in [1.82, 2.24) is 43.4 Å². The minimum Gasteiger partial charge on any atom is -0.354 e. The highest BCUT2D eigenvalue weighted by Gasteiger charge is 2.63. The minimum atomic E-state index is -4.28. The predicted molar refractivity (Wildman–Crippen MR) is 218 cm³/mol. The Morgan fingerprint density at radius 1 is 1.02 bits per heavy atom. The summed E-state index contributed by atoms with van der Waals surface area (Å²) in [6.07, 6.45) is 0.110. The zero-order chi connectivity index (χ0) is 43.3. The van der Waals surface area contributed by atoms with E-state index in [-0.39, 0.29) is 73.7 Å². The minimum absolute atomic E-state index is 0.0555. The summed E-state index contributed by atoms with van der Waals surface area (Å²) in [4.78, 5) is 50.5. The molecule has 10 rings (SSSR count). The van der Waals surface area contributed by atoms with Gasteiger partial charge in [0.15, 0.2) is 5.65 Å². The van der Waals surface area contributed by atoms with Crippen LogP contribution in [0.3, 0.4) is 0 Å². The summed E-state index contributed by atoms with van der Waals surface area (Å²) < 4.78 is 88.7. The molecule has 1 atom stereocenters. The van der Waals surface area contributed by atoms with Gasteiger partial charge in [-0.15, -0.1) is 0 Å². The number of piperidine rings is 1. The highest BCUT2D eigenvalue weighted by Crippen LogP contribution is 2.58. The van der Waals surface area contributed by atoms with Crippen LogP contribution in [-0.4, -0.2) is 94.2 Å². The lowest BCUT2D eigenvalue weighted by Gasteiger charge is -2.35. The van der Waals surface area contributed by atoms with E-state index in [0.29, 0.717) is 67.0 Å². The monoisotopic (exact) mass is 878 g/mol. The van der Waals surface area contributed by atoms with Gasteiger partial charge in [-0.2, -0.15) is 18.2 Å². The molecule has 6 aromatic rings. The number of nitrogens with zero attached hydrogens (tertiary/aromatic N) is 9. The largest absolute Gasteiger partial charge is 0.395 e. The fraction of sp³-hybridized carbons (Fsp3) is 0.442. The van der Waals surface area contributed by atoms with Crippen molar-refractivity contribution in [2.24, 2.45) is 11.3 Å². The van der Waals surface area contributed by atoms with E-state index < -0.39 is 41.0 Å². The first-order chi connectivity index (χ1) is 29.6. The molecule has 324 valence electrons. The van der Waals surface area contributed by atoms with E-state index in [0.717, 1.165) is 16.6 Å². The number of amides is 1. The highest BCUT2D eigenvalue weighted by molar-refractivity contribution is 6.30. The fourth-order valence-corrected chi connectivity index (χ4v) is 9.46. The third-order valence-electron chi connectivity index (χ3n) is 13.1. The molecule has 1 amide bonds. The van der Waals surface area contributed by atoms with E-state index in [4.69, 9.17) is 11.6 Å². The van der Waals surface area contributed by atoms with Gasteiger partial charge >= 0.3 is 11.9 Å². The van der Waals surface area contributed by atoms with Gasteiger partial charge in [0.2, 0.25) is 5.95 Å². The average molecular weight is 879 g/mol. The van der Waals surface area contributed by atoms with E-state index >= 15 is 4.39 Å². The molecule has 5 aromatic heterocycles. The molecule has 1 saturated heterocycles. The first-order valence-electron chi connectivity index (χ1n) is 20.7. The lowest BCUT2D eigenvalue weighted by molar-refractivity contribution is -0.192. The summed E-state index contributed by atoms with van der Waals surface area (Å²) >= 11 is 6.02. The van der Waals surface area contributed by atoms with Crippen LogP contribution in [0.1, 0.15) is 71.1 Å². The first kappa shape index (κ1) is 40.6. The predicted octanol–water partition coefficient (Wildman–Crippen LogP) is 7.72. The quantitative estimate of drug-likeness (QED) is 0.139. The number of carbonyl (C=O) groups excluding carboxylic acids is 1. The average Bonchev–Trinajstić information content (AvgIpc) is 4.10. The number of nitrogens with one attached hydrogen (secondary N) is 1. The van der Waals surface area contributed by atoms with Crippen molar-refractivity contribution in [3.63, 3.8) is 0 Å². The van der Waals surface area contributed by atoms with Crippen LogP contribution in [-0.2, 0) is 19.5 Å². The van der Waals surface area contributed by atoms with Crippen LogP contribution in [0.5, 0.6) is 0 Å². The number of aryl methyl sites for hydroxylation is 1. The zero-order valence-corrected chi connectivity index (χ0v) is 34.3. The molecular weight excluding hydrogens is 838 g/mol. The Bertz CT molecular complexity index is 2810. The number of fused-ring (bicyclic) bond motifs is 4. The van der Waals surface area contributed by atoms with Crippen LogP contribution in [0.4, 0.5) is 32.3 Å². The SMILES string of the molecule is Cc1nc(NCC2CC2(F)F)nc2c1n(-c1ccc(C(=O)N3CCc4c(n(Cc5ccc(Cl)cc5F)c5ncccc45)C3)nc1)c(=O)n2C1CCN(CC2(C(F)(F)F)CC2)CC1. The van der Waals surface area contributed by atoms with Gasteiger partial charge in [0.05, 0.1) is 36.1 Å². The van der Waals surface area contributed by atoms with Gasteiger partial charge < -0.3 is 19.7 Å². The molecule has 12 nitrogen and oxygen atoms in total. The van der Waals surface area contributed by atoms with E-state index in [1.165, 1.54) is 27.5 Å². The number of hydrogen-bond acceptors (Lipinski definition) is 8. The second kappa shape index (κ2) is 14.8. The Balaban J connectivity index is 0.937. The summed E-state index contributed by atoms with van der Waals surface area (Å²) in [5.74, 6) is -4.33. The third kappa shape index (κ3) is 7.08. The lowest BCUT2D eigenvalue weighted by atomic mass is 10.0. The molecule has 2 aliphatic carbocycles. The molecule has 1 N–H and O–H groups in total. The molecule has 1 unspecified atom stereocenters. The van der Waals surface area contributed by atoms with E-state index in [2.05, 4.69) is 25.3 Å². The number of halogens is 7. The highest BCUT2D eigenvalue weighted by atomic mass is 35.5. The molecule has 7 heterocycles. The van der Waals surface area contributed by atoms with Gasteiger partial charge in [0.25, 0.3) is 11.8 Å². The van der Waals surface area contributed by atoms with E-state index in [1.54, 1.807) is 36.2 Å². The first-order valence-corrected chi connectivity index (χ1v) is 21.1. The van der Waals surface area contributed by atoms with Crippen molar-refractivity contribution in [3.05, 3.63) is 104 Å². The maximum absolute atomic E-state index is 15.0. The number of aromatic nitrogens is 7. The summed E-state index contributed by atoms with van der Waals surface area (Å²) in [6, 6.07) is 11.1. The Morgan fingerprint density at radius 2 is 1.79 bits per heavy atom. The number of carbonyl (C=O) groups is 1. The second-order valence-corrected chi connectivity index (χ2v) is 17.6. The Morgan fingerprint density at radius 3 is 2.47 bits per heavy atom. The Kier molecular flexibility index (Phi) is 9.70. The Hall–Kier alpha value is -5.49. The van der Waals surface area contributed by atoms with Crippen LogP contribution in [0.2, 0.25) is 5.02 Å². The molecular formula is C43H41ClF6N10O2. The molecule has 3 fully saturated rings. The van der Waals surface area contributed by atoms with Crippen molar-refractivity contribution < 1.29 is 31.1 Å². The number of alkyl halides is 5. The number of hydrogen-bond donors (Lipinski definition) is 1. The van der Waals surface area contributed by atoms with Crippen LogP contribution in [0, 0.1) is 24.1 Å². The maximum Gasteiger partial charge on any atom is 0.395 e. The maximum atomic E-state index is 15.0. The summed E-state index contributed by atoms with van der Waals surface area (Å²) in [5, 5.41) is 4.13. The summed E-state index contributed by atoms with van der Waals surface area (Å²) in [7, 11) is 0. The van der Waals surface area contributed by atoms with Gasteiger partial charge in [-0.3, -0.25) is 13.9 Å². The van der Waals surface area contributed by atoms with Gasteiger partial charge in [0, 0.05) is 79.0 Å². The second-order valence-electron chi connectivity index (χ2n) is 17.1. The van der Waals surface area contributed by atoms with Gasteiger partial charge in [0.1, 0.15) is 22.7 Å².